The Labute approximate surface area is 267 Å². The summed E-state index contributed by atoms with van der Waals surface area (Å²) >= 11 is 0. The van der Waals surface area contributed by atoms with Gasteiger partial charge in [-0.05, 0) is 22.3 Å². The van der Waals surface area contributed by atoms with Crippen LogP contribution in [0.4, 0.5) is 0 Å². The van der Waals surface area contributed by atoms with Crippen LogP contribution in [0.3, 0.4) is 0 Å². The van der Waals surface area contributed by atoms with Crippen molar-refractivity contribution in [2.24, 2.45) is 10.8 Å². The molecule has 45 heavy (non-hydrogen) atoms. The minimum atomic E-state index is -0.589. The van der Waals surface area contributed by atoms with E-state index in [0.29, 0.717) is 45.2 Å². The number of carbonyl (C=O) groups excluding carboxylic acids is 1. The van der Waals surface area contributed by atoms with Crippen molar-refractivity contribution in [1.29, 1.82) is 0 Å². The summed E-state index contributed by atoms with van der Waals surface area (Å²) in [6, 6.07) is 42.6. The molecule has 0 unspecified atom stereocenters. The Bertz CT molecular complexity index is 1320. The molecule has 3 heterocycles. The van der Waals surface area contributed by atoms with Crippen LogP contribution >= 0.6 is 0 Å². The Kier molecular flexibility index (Phi) is 8.92. The molecule has 0 N–H and O–H groups in total. The van der Waals surface area contributed by atoms with Crippen molar-refractivity contribution >= 4 is 5.78 Å². The molecule has 4 aromatic rings. The molecule has 3 aliphatic rings. The van der Waals surface area contributed by atoms with E-state index in [1.165, 1.54) is 22.3 Å². The van der Waals surface area contributed by atoms with Gasteiger partial charge in [-0.3, -0.25) is 24.4 Å². The number of benzene rings is 4. The van der Waals surface area contributed by atoms with E-state index in [-0.39, 0.29) is 0 Å². The largest absolute Gasteiger partial charge is 0.379 e. The molecule has 0 radical (unpaired) electrons. The lowest BCUT2D eigenvalue weighted by Gasteiger charge is -2.56. The topological polar surface area (TPSA) is 39.3 Å². The highest BCUT2D eigenvalue weighted by Gasteiger charge is 2.58. The third-order valence-electron chi connectivity index (χ3n) is 9.62. The summed E-state index contributed by atoms with van der Waals surface area (Å²) in [7, 11) is 0. The van der Waals surface area contributed by atoms with E-state index < -0.39 is 10.8 Å². The molecule has 0 aliphatic carbocycles. The van der Waals surface area contributed by atoms with Gasteiger partial charge in [0.15, 0.2) is 5.78 Å². The summed E-state index contributed by atoms with van der Waals surface area (Å²) in [6.07, 6.45) is 0. The number of hydrogen-bond donors (Lipinski definition) is 0. The molecule has 0 aromatic heterocycles. The highest BCUT2D eigenvalue weighted by molar-refractivity contribution is 5.92. The van der Waals surface area contributed by atoms with Gasteiger partial charge in [0.1, 0.15) is 0 Å². The van der Waals surface area contributed by atoms with Crippen LogP contribution in [-0.2, 0) is 35.7 Å². The second-order valence-electron chi connectivity index (χ2n) is 13.6. The average Bonchev–Trinajstić information content (AvgIpc) is 3.05. The molecule has 7 rings (SSSR count). The van der Waals surface area contributed by atoms with E-state index in [0.717, 1.165) is 39.5 Å². The smallest absolute Gasteiger partial charge is 0.154 e. The van der Waals surface area contributed by atoms with Crippen molar-refractivity contribution in [2.75, 3.05) is 52.7 Å². The van der Waals surface area contributed by atoms with Gasteiger partial charge in [-0.15, -0.1) is 0 Å². The Balaban J connectivity index is 1.19. The molecule has 4 aromatic carbocycles. The summed E-state index contributed by atoms with van der Waals surface area (Å²) < 4.78 is 6.59. The maximum absolute atomic E-state index is 15.3. The third kappa shape index (κ3) is 6.96. The Morgan fingerprint density at radius 1 is 0.444 bits per heavy atom. The van der Waals surface area contributed by atoms with Crippen LogP contribution in [0.5, 0.6) is 0 Å². The number of hydrogen-bond acceptors (Lipinski definition) is 6. The summed E-state index contributed by atoms with van der Waals surface area (Å²) in [5.74, 6) is 0.382. The van der Waals surface area contributed by atoms with Gasteiger partial charge in [-0.25, -0.2) is 0 Å². The molecule has 0 bridgehead atoms. The van der Waals surface area contributed by atoms with E-state index in [4.69, 9.17) is 4.74 Å². The molecule has 0 amide bonds. The first-order valence-electron chi connectivity index (χ1n) is 16.3. The molecule has 0 atom stereocenters. The third-order valence-corrected chi connectivity index (χ3v) is 9.62. The van der Waals surface area contributed by atoms with E-state index in [9.17, 15) is 0 Å². The van der Waals surface area contributed by atoms with E-state index in [1.54, 1.807) is 0 Å². The van der Waals surface area contributed by atoms with Crippen LogP contribution in [0.2, 0.25) is 0 Å². The van der Waals surface area contributed by atoms with Gasteiger partial charge in [0.25, 0.3) is 0 Å². The minimum absolute atomic E-state index is 0.382. The predicted octanol–water partition coefficient (Wildman–Crippen LogP) is 5.51. The number of Topliss-reactive ketones (excluding diaryl/α,β-unsaturated/α-hetero) is 1. The maximum Gasteiger partial charge on any atom is 0.154 e. The van der Waals surface area contributed by atoms with E-state index in [1.807, 2.05) is 0 Å². The fraction of sp³-hybridized carbons (Fsp3) is 0.359. The first kappa shape index (κ1) is 30.0. The van der Waals surface area contributed by atoms with Crippen molar-refractivity contribution in [2.45, 2.75) is 26.2 Å². The monoisotopic (exact) mass is 600 g/mol. The van der Waals surface area contributed by atoms with Gasteiger partial charge in [0.05, 0.1) is 37.4 Å². The second-order valence-corrected chi connectivity index (χ2v) is 13.6. The fourth-order valence-electron chi connectivity index (χ4n) is 7.97. The Hall–Kier alpha value is -3.65. The standard InChI is InChI=1S/C39H44N4O2/c44-37-38(25-40(21-33-13-5-1-6-14-33)31-41(26-38)22-34-15-7-2-8-16-34)29-45-30-39(37)27-42(23-35-17-9-3-10-18-35)32-43(28-39)24-36-19-11-4-12-20-36/h1-20H,21-32H2. The van der Waals surface area contributed by atoms with Crippen molar-refractivity contribution in [3.63, 3.8) is 0 Å². The van der Waals surface area contributed by atoms with Crippen LogP contribution < -0.4 is 0 Å². The van der Waals surface area contributed by atoms with Crippen LogP contribution in [0, 0.1) is 10.8 Å². The van der Waals surface area contributed by atoms with Crippen LogP contribution in [0.25, 0.3) is 0 Å². The molecule has 0 saturated carbocycles. The van der Waals surface area contributed by atoms with Crippen LogP contribution in [-0.4, -0.2) is 78.1 Å². The number of nitrogens with zero attached hydrogens (tertiary/aromatic N) is 4. The van der Waals surface area contributed by atoms with Crippen molar-refractivity contribution in [1.82, 2.24) is 19.6 Å². The van der Waals surface area contributed by atoms with Gasteiger partial charge >= 0.3 is 0 Å². The molecular weight excluding hydrogens is 556 g/mol. The molecule has 232 valence electrons. The zero-order valence-corrected chi connectivity index (χ0v) is 26.1. The lowest BCUT2D eigenvalue weighted by Crippen LogP contribution is -2.70. The zero-order chi connectivity index (χ0) is 30.5. The van der Waals surface area contributed by atoms with E-state index in [2.05, 4.69) is 141 Å². The molecular formula is C39H44N4O2. The zero-order valence-electron chi connectivity index (χ0n) is 26.1. The number of ketones is 1. The highest BCUT2D eigenvalue weighted by atomic mass is 16.5. The molecule has 6 heteroatoms. The molecule has 3 fully saturated rings. The first-order valence-corrected chi connectivity index (χ1v) is 16.3. The van der Waals surface area contributed by atoms with Crippen molar-refractivity contribution in [3.05, 3.63) is 144 Å². The number of carbonyl (C=O) groups is 1. The lowest BCUT2D eigenvalue weighted by molar-refractivity contribution is -0.184. The lowest BCUT2D eigenvalue weighted by atomic mass is 9.65. The van der Waals surface area contributed by atoms with Crippen LogP contribution in [0.1, 0.15) is 22.3 Å². The normalized spacial score (nSPS) is 20.9. The van der Waals surface area contributed by atoms with Gasteiger partial charge in [-0.2, -0.15) is 0 Å². The molecule has 6 nitrogen and oxygen atoms in total. The fourth-order valence-corrected chi connectivity index (χ4v) is 7.97. The summed E-state index contributed by atoms with van der Waals surface area (Å²) in [6.45, 7) is 8.71. The Morgan fingerprint density at radius 2 is 0.711 bits per heavy atom. The van der Waals surface area contributed by atoms with Gasteiger partial charge in [-0.1, -0.05) is 121 Å². The first-order chi connectivity index (χ1) is 22.1. The quantitative estimate of drug-likeness (QED) is 0.266. The summed E-state index contributed by atoms with van der Waals surface area (Å²) in [5.41, 5.74) is 3.91. The van der Waals surface area contributed by atoms with Gasteiger partial charge in [0, 0.05) is 52.4 Å². The van der Waals surface area contributed by atoms with Crippen LogP contribution in [0.15, 0.2) is 121 Å². The van der Waals surface area contributed by atoms with Crippen molar-refractivity contribution in [3.8, 4) is 0 Å². The minimum Gasteiger partial charge on any atom is -0.379 e. The SMILES string of the molecule is O=C1C2(COCC13CN(Cc1ccccc1)CN(Cc1ccccc1)C3)CN(Cc1ccccc1)CN(Cc1ccccc1)C2. The summed E-state index contributed by atoms with van der Waals surface area (Å²) in [4.78, 5) is 25.2. The number of ether oxygens (including phenoxy) is 1. The Morgan fingerprint density at radius 3 is 0.978 bits per heavy atom. The molecule has 3 aliphatic heterocycles. The highest BCUT2D eigenvalue weighted by Crippen LogP contribution is 2.43. The van der Waals surface area contributed by atoms with Gasteiger partial charge in [0.2, 0.25) is 0 Å². The van der Waals surface area contributed by atoms with Crippen molar-refractivity contribution < 1.29 is 9.53 Å². The molecule has 2 spiro atoms. The average molecular weight is 601 g/mol. The van der Waals surface area contributed by atoms with E-state index >= 15 is 4.79 Å². The predicted molar refractivity (Wildman–Crippen MR) is 178 cm³/mol. The maximum atomic E-state index is 15.3. The summed E-state index contributed by atoms with van der Waals surface area (Å²) in [5, 5.41) is 0. The van der Waals surface area contributed by atoms with Gasteiger partial charge < -0.3 is 4.74 Å². The number of rotatable bonds is 8. The molecule has 3 saturated heterocycles. The second kappa shape index (κ2) is 13.4.